The Bertz CT molecular complexity index is 998. The van der Waals surface area contributed by atoms with E-state index >= 15 is 0 Å². The van der Waals surface area contributed by atoms with Crippen LogP contribution in [0.15, 0.2) is 66.7 Å². The maximum absolute atomic E-state index is 6.18. The predicted molar refractivity (Wildman–Crippen MR) is 137 cm³/mol. The van der Waals surface area contributed by atoms with Crippen molar-refractivity contribution in [1.82, 2.24) is 5.32 Å². The minimum Gasteiger partial charge on any atom is -0.490 e. The molecular formula is C30H37NO2. The average Bonchev–Trinajstić information content (AvgIpc) is 2.86. The largest absolute Gasteiger partial charge is 0.490 e. The third-order valence-electron chi connectivity index (χ3n) is 6.38. The summed E-state index contributed by atoms with van der Waals surface area (Å²) < 4.78 is 12.3. The lowest BCUT2D eigenvalue weighted by Gasteiger charge is -2.29. The van der Waals surface area contributed by atoms with Crippen molar-refractivity contribution in [3.63, 3.8) is 0 Å². The number of fused-ring (bicyclic) bond motifs is 1. The van der Waals surface area contributed by atoms with Crippen LogP contribution in [-0.2, 0) is 12.8 Å². The van der Waals surface area contributed by atoms with Crippen LogP contribution in [0.3, 0.4) is 0 Å². The molecule has 0 fully saturated rings. The smallest absolute Gasteiger partial charge is 0.161 e. The van der Waals surface area contributed by atoms with Gasteiger partial charge in [-0.1, -0.05) is 81.3 Å². The number of rotatable bonds is 11. The van der Waals surface area contributed by atoms with Crippen LogP contribution in [0.1, 0.15) is 62.3 Å². The second kappa shape index (κ2) is 11.9. The monoisotopic (exact) mass is 443 g/mol. The first-order valence-electron chi connectivity index (χ1n) is 12.6. The quantitative estimate of drug-likeness (QED) is 0.319. The summed E-state index contributed by atoms with van der Waals surface area (Å²) in [7, 11) is 0. The Kier molecular flexibility index (Phi) is 8.43. The minimum atomic E-state index is 0.287. The summed E-state index contributed by atoms with van der Waals surface area (Å²) in [4.78, 5) is 0. The van der Waals surface area contributed by atoms with E-state index < -0.39 is 0 Å². The van der Waals surface area contributed by atoms with Gasteiger partial charge in [-0.25, -0.2) is 0 Å². The first-order valence-corrected chi connectivity index (χ1v) is 12.6. The summed E-state index contributed by atoms with van der Waals surface area (Å²) in [6.07, 6.45) is 6.37. The van der Waals surface area contributed by atoms with Gasteiger partial charge in [0.1, 0.15) is 0 Å². The molecule has 3 aromatic carbocycles. The van der Waals surface area contributed by atoms with Crippen LogP contribution in [0.5, 0.6) is 11.5 Å². The Balaban J connectivity index is 1.53. The zero-order valence-corrected chi connectivity index (χ0v) is 20.1. The molecule has 0 saturated heterocycles. The van der Waals surface area contributed by atoms with E-state index in [4.69, 9.17) is 9.47 Å². The lowest BCUT2D eigenvalue weighted by Crippen LogP contribution is -2.31. The van der Waals surface area contributed by atoms with Gasteiger partial charge in [-0.3, -0.25) is 0 Å². The molecule has 0 aromatic heterocycles. The van der Waals surface area contributed by atoms with Gasteiger partial charge < -0.3 is 14.8 Å². The van der Waals surface area contributed by atoms with Gasteiger partial charge in [-0.2, -0.15) is 0 Å². The summed E-state index contributed by atoms with van der Waals surface area (Å²) in [5.74, 6) is 1.80. The van der Waals surface area contributed by atoms with E-state index in [1.807, 2.05) is 0 Å². The predicted octanol–water partition coefficient (Wildman–Crippen LogP) is 7.14. The van der Waals surface area contributed by atoms with Crippen molar-refractivity contribution in [2.24, 2.45) is 0 Å². The normalized spacial score (nSPS) is 15.2. The van der Waals surface area contributed by atoms with Gasteiger partial charge in [0.15, 0.2) is 11.5 Å². The molecule has 0 radical (unpaired) electrons. The van der Waals surface area contributed by atoms with Crippen LogP contribution in [0.25, 0.3) is 11.1 Å². The Labute approximate surface area is 199 Å². The van der Waals surface area contributed by atoms with Crippen LogP contribution in [-0.4, -0.2) is 19.8 Å². The number of ether oxygens (including phenoxy) is 2. The SMILES string of the molecule is CCCCOc1cc2c(cc1OCCCC)C(Cc1ccc(-c3ccccc3)cc1)NCC2. The summed E-state index contributed by atoms with van der Waals surface area (Å²) in [6, 6.07) is 24.3. The van der Waals surface area contributed by atoms with Crippen molar-refractivity contribution in [2.75, 3.05) is 19.8 Å². The highest BCUT2D eigenvalue weighted by Gasteiger charge is 2.23. The molecule has 1 aliphatic rings. The van der Waals surface area contributed by atoms with Crippen molar-refractivity contribution in [1.29, 1.82) is 0 Å². The van der Waals surface area contributed by atoms with Gasteiger partial charge in [0.2, 0.25) is 0 Å². The van der Waals surface area contributed by atoms with E-state index in [0.717, 1.165) is 69.8 Å². The topological polar surface area (TPSA) is 30.5 Å². The van der Waals surface area contributed by atoms with Crippen LogP contribution in [0.4, 0.5) is 0 Å². The fourth-order valence-electron chi connectivity index (χ4n) is 4.41. The Morgan fingerprint density at radius 2 is 1.42 bits per heavy atom. The van der Waals surface area contributed by atoms with Crippen LogP contribution in [0, 0.1) is 0 Å². The van der Waals surface area contributed by atoms with Gasteiger partial charge in [0.25, 0.3) is 0 Å². The standard InChI is InChI=1S/C30H37NO2/c1-3-5-18-32-29-21-26-16-17-31-28(27(26)22-30(29)33-19-6-4-2)20-23-12-14-25(15-13-23)24-10-8-7-9-11-24/h7-15,21-22,28,31H,3-6,16-20H2,1-2H3. The second-order valence-corrected chi connectivity index (χ2v) is 8.93. The molecule has 3 heteroatoms. The van der Waals surface area contributed by atoms with Crippen molar-refractivity contribution >= 4 is 0 Å². The van der Waals surface area contributed by atoms with E-state index in [1.165, 1.54) is 27.8 Å². The Hall–Kier alpha value is -2.78. The van der Waals surface area contributed by atoms with Crippen molar-refractivity contribution in [2.45, 2.75) is 58.4 Å². The van der Waals surface area contributed by atoms with Gasteiger partial charge in [-0.15, -0.1) is 0 Å². The average molecular weight is 444 g/mol. The summed E-state index contributed by atoms with van der Waals surface area (Å²) in [5.41, 5.74) is 6.60. The Morgan fingerprint density at radius 1 is 0.788 bits per heavy atom. The van der Waals surface area contributed by atoms with Crippen LogP contribution < -0.4 is 14.8 Å². The lowest BCUT2D eigenvalue weighted by molar-refractivity contribution is 0.260. The molecule has 4 rings (SSSR count). The van der Waals surface area contributed by atoms with E-state index in [1.54, 1.807) is 0 Å². The number of hydrogen-bond acceptors (Lipinski definition) is 3. The highest BCUT2D eigenvalue weighted by atomic mass is 16.5. The molecule has 33 heavy (non-hydrogen) atoms. The third-order valence-corrected chi connectivity index (χ3v) is 6.38. The fraction of sp³-hybridized carbons (Fsp3) is 0.400. The first kappa shape index (κ1) is 23.4. The molecule has 3 nitrogen and oxygen atoms in total. The van der Waals surface area contributed by atoms with E-state index in [0.29, 0.717) is 0 Å². The molecule has 0 spiro atoms. The van der Waals surface area contributed by atoms with Gasteiger partial charge in [0.05, 0.1) is 13.2 Å². The highest BCUT2D eigenvalue weighted by Crippen LogP contribution is 2.37. The molecule has 1 N–H and O–H groups in total. The summed E-state index contributed by atoms with van der Waals surface area (Å²) in [6.45, 7) is 6.85. The van der Waals surface area contributed by atoms with Gasteiger partial charge in [-0.05, 0) is 72.2 Å². The molecule has 1 heterocycles. The number of hydrogen-bond donors (Lipinski definition) is 1. The molecule has 1 unspecified atom stereocenters. The summed E-state index contributed by atoms with van der Waals surface area (Å²) >= 11 is 0. The van der Waals surface area contributed by atoms with Crippen molar-refractivity contribution in [3.05, 3.63) is 83.4 Å². The first-order chi connectivity index (χ1) is 16.3. The van der Waals surface area contributed by atoms with Crippen molar-refractivity contribution < 1.29 is 9.47 Å². The van der Waals surface area contributed by atoms with Crippen molar-refractivity contribution in [3.8, 4) is 22.6 Å². The maximum Gasteiger partial charge on any atom is 0.161 e. The second-order valence-electron chi connectivity index (χ2n) is 8.93. The van der Waals surface area contributed by atoms with E-state index in [9.17, 15) is 0 Å². The van der Waals surface area contributed by atoms with Crippen LogP contribution in [0.2, 0.25) is 0 Å². The number of unbranched alkanes of at least 4 members (excludes halogenated alkanes) is 2. The Morgan fingerprint density at radius 3 is 2.09 bits per heavy atom. The minimum absolute atomic E-state index is 0.287. The third kappa shape index (κ3) is 6.17. The molecule has 1 atom stereocenters. The van der Waals surface area contributed by atoms with E-state index in [-0.39, 0.29) is 6.04 Å². The summed E-state index contributed by atoms with van der Waals surface area (Å²) in [5, 5.41) is 3.74. The number of benzene rings is 3. The number of nitrogens with one attached hydrogen (secondary N) is 1. The lowest BCUT2D eigenvalue weighted by atomic mass is 9.89. The molecule has 0 aliphatic carbocycles. The van der Waals surface area contributed by atoms with Gasteiger partial charge in [0, 0.05) is 6.04 Å². The zero-order valence-electron chi connectivity index (χ0n) is 20.1. The molecule has 3 aromatic rings. The van der Waals surface area contributed by atoms with Crippen LogP contribution >= 0.6 is 0 Å². The molecule has 1 aliphatic heterocycles. The van der Waals surface area contributed by atoms with Gasteiger partial charge >= 0.3 is 0 Å². The molecular weight excluding hydrogens is 406 g/mol. The fourth-order valence-corrected chi connectivity index (χ4v) is 4.41. The molecule has 0 bridgehead atoms. The molecule has 0 saturated carbocycles. The molecule has 0 amide bonds. The van der Waals surface area contributed by atoms with E-state index in [2.05, 4.69) is 85.9 Å². The highest BCUT2D eigenvalue weighted by molar-refractivity contribution is 5.63. The zero-order chi connectivity index (χ0) is 22.9. The molecule has 174 valence electrons. The maximum atomic E-state index is 6.18.